The van der Waals surface area contributed by atoms with Crippen LogP contribution in [-0.2, 0) is 4.74 Å². The van der Waals surface area contributed by atoms with Crippen LogP contribution in [0.25, 0.3) is 0 Å². The number of carbonyl (C=O) groups is 1. The summed E-state index contributed by atoms with van der Waals surface area (Å²) < 4.78 is 20.1. The van der Waals surface area contributed by atoms with Gasteiger partial charge in [-0.05, 0) is 37.6 Å². The first-order valence-electron chi connectivity index (χ1n) is 6.50. The fourth-order valence-corrected chi connectivity index (χ4v) is 3.20. The molecule has 1 aromatic carbocycles. The summed E-state index contributed by atoms with van der Waals surface area (Å²) in [5.74, 6) is -0.746. The molecular formula is C14H15BrFNO2. The normalized spacial score (nSPS) is 27.3. The van der Waals surface area contributed by atoms with Crippen molar-refractivity contribution in [3.8, 4) is 0 Å². The Hall–Kier alpha value is -0.780. The molecule has 2 fully saturated rings. The highest BCUT2D eigenvalue weighted by Gasteiger charge is 2.36. The van der Waals surface area contributed by atoms with Gasteiger partial charge in [0.25, 0.3) is 0 Å². The average Bonchev–Trinajstić information content (AvgIpc) is 2.88. The first-order chi connectivity index (χ1) is 9.15. The molecule has 5 heteroatoms. The first-order valence-corrected chi connectivity index (χ1v) is 7.29. The minimum absolute atomic E-state index is 0.108. The van der Waals surface area contributed by atoms with Crippen molar-refractivity contribution in [2.24, 2.45) is 0 Å². The van der Waals surface area contributed by atoms with Gasteiger partial charge in [0, 0.05) is 17.1 Å². The monoisotopic (exact) mass is 327 g/mol. The van der Waals surface area contributed by atoms with Crippen LogP contribution >= 0.6 is 15.9 Å². The van der Waals surface area contributed by atoms with Gasteiger partial charge in [-0.1, -0.05) is 15.9 Å². The Kier molecular flexibility index (Phi) is 3.69. The standard InChI is InChI=1S/C14H15BrFNO2/c15-9-3-4-12(16)11(6-9)14(18)13-7-17-5-1-2-10(17)8-19-13/h3-4,6,10,13H,1-2,5,7-8H2. The van der Waals surface area contributed by atoms with Crippen molar-refractivity contribution in [3.63, 3.8) is 0 Å². The number of hydrogen-bond donors (Lipinski definition) is 0. The lowest BCUT2D eigenvalue weighted by atomic mass is 10.0. The molecule has 0 aliphatic carbocycles. The third kappa shape index (κ3) is 2.59. The molecule has 2 saturated heterocycles. The van der Waals surface area contributed by atoms with Crippen LogP contribution in [0.1, 0.15) is 23.2 Å². The van der Waals surface area contributed by atoms with Crippen molar-refractivity contribution in [3.05, 3.63) is 34.1 Å². The second kappa shape index (κ2) is 5.31. The van der Waals surface area contributed by atoms with Gasteiger partial charge in [-0.3, -0.25) is 9.69 Å². The summed E-state index contributed by atoms with van der Waals surface area (Å²) in [7, 11) is 0. The van der Waals surface area contributed by atoms with Crippen LogP contribution in [0.3, 0.4) is 0 Å². The first kappa shape index (κ1) is 13.2. The Balaban J connectivity index is 1.78. The van der Waals surface area contributed by atoms with E-state index in [9.17, 15) is 9.18 Å². The number of ether oxygens (including phenoxy) is 1. The van der Waals surface area contributed by atoms with Crippen molar-refractivity contribution in [2.75, 3.05) is 19.7 Å². The number of morpholine rings is 1. The summed E-state index contributed by atoms with van der Waals surface area (Å²) in [4.78, 5) is 14.6. The lowest BCUT2D eigenvalue weighted by molar-refractivity contribution is -0.0346. The number of nitrogens with zero attached hydrogens (tertiary/aromatic N) is 1. The molecule has 2 unspecified atom stereocenters. The quantitative estimate of drug-likeness (QED) is 0.782. The molecule has 0 aromatic heterocycles. The zero-order chi connectivity index (χ0) is 13.4. The van der Waals surface area contributed by atoms with Crippen LogP contribution in [0.5, 0.6) is 0 Å². The van der Waals surface area contributed by atoms with E-state index in [1.165, 1.54) is 12.1 Å². The molecule has 0 saturated carbocycles. The minimum Gasteiger partial charge on any atom is -0.367 e. The van der Waals surface area contributed by atoms with E-state index in [1.807, 2.05) is 0 Å². The summed E-state index contributed by atoms with van der Waals surface area (Å²) in [6.07, 6.45) is 1.74. The zero-order valence-electron chi connectivity index (χ0n) is 10.4. The van der Waals surface area contributed by atoms with E-state index in [4.69, 9.17) is 4.74 Å². The Morgan fingerprint density at radius 2 is 2.32 bits per heavy atom. The summed E-state index contributed by atoms with van der Waals surface area (Å²) in [5, 5.41) is 0. The number of ketones is 1. The number of rotatable bonds is 2. The predicted octanol–water partition coefficient (Wildman–Crippen LogP) is 2.63. The highest BCUT2D eigenvalue weighted by molar-refractivity contribution is 9.10. The van der Waals surface area contributed by atoms with Crippen LogP contribution in [0.4, 0.5) is 4.39 Å². The van der Waals surface area contributed by atoms with Gasteiger partial charge >= 0.3 is 0 Å². The molecule has 1 aromatic rings. The summed E-state index contributed by atoms with van der Waals surface area (Å²) in [6.45, 7) is 2.17. The molecule has 19 heavy (non-hydrogen) atoms. The van der Waals surface area contributed by atoms with Crippen LogP contribution in [0, 0.1) is 5.82 Å². The molecule has 3 nitrogen and oxygen atoms in total. The van der Waals surface area contributed by atoms with Crippen LogP contribution in [-0.4, -0.2) is 42.5 Å². The largest absolute Gasteiger partial charge is 0.367 e. The van der Waals surface area contributed by atoms with E-state index in [1.54, 1.807) is 6.07 Å². The molecule has 102 valence electrons. The number of hydrogen-bond acceptors (Lipinski definition) is 3. The van der Waals surface area contributed by atoms with Crippen molar-refractivity contribution in [1.82, 2.24) is 4.90 Å². The van der Waals surface area contributed by atoms with E-state index in [2.05, 4.69) is 20.8 Å². The maximum Gasteiger partial charge on any atom is 0.195 e. The highest BCUT2D eigenvalue weighted by atomic mass is 79.9. The fraction of sp³-hybridized carbons (Fsp3) is 0.500. The van der Waals surface area contributed by atoms with Gasteiger partial charge in [-0.25, -0.2) is 4.39 Å². The molecule has 0 amide bonds. The van der Waals surface area contributed by atoms with Crippen molar-refractivity contribution < 1.29 is 13.9 Å². The second-order valence-electron chi connectivity index (χ2n) is 5.10. The molecular weight excluding hydrogens is 313 g/mol. The maximum atomic E-state index is 13.7. The van der Waals surface area contributed by atoms with E-state index < -0.39 is 11.9 Å². The van der Waals surface area contributed by atoms with E-state index in [0.717, 1.165) is 19.4 Å². The molecule has 2 aliphatic heterocycles. The Morgan fingerprint density at radius 1 is 1.47 bits per heavy atom. The molecule has 0 N–H and O–H groups in total. The fourth-order valence-electron chi connectivity index (χ4n) is 2.84. The van der Waals surface area contributed by atoms with Crippen molar-refractivity contribution in [2.45, 2.75) is 25.0 Å². The van der Waals surface area contributed by atoms with Gasteiger partial charge in [0.1, 0.15) is 11.9 Å². The highest BCUT2D eigenvalue weighted by Crippen LogP contribution is 2.25. The molecule has 3 rings (SSSR count). The van der Waals surface area contributed by atoms with Gasteiger partial charge < -0.3 is 4.74 Å². The molecule has 2 aliphatic rings. The van der Waals surface area contributed by atoms with E-state index >= 15 is 0 Å². The molecule has 0 spiro atoms. The van der Waals surface area contributed by atoms with Crippen molar-refractivity contribution >= 4 is 21.7 Å². The van der Waals surface area contributed by atoms with Gasteiger partial charge in [-0.15, -0.1) is 0 Å². The average molecular weight is 328 g/mol. The lowest BCUT2D eigenvalue weighted by Crippen LogP contribution is -2.49. The van der Waals surface area contributed by atoms with Gasteiger partial charge in [0.05, 0.1) is 12.2 Å². The van der Waals surface area contributed by atoms with Gasteiger partial charge in [0.2, 0.25) is 0 Å². The topological polar surface area (TPSA) is 29.5 Å². The summed E-state index contributed by atoms with van der Waals surface area (Å²) in [6, 6.07) is 4.86. The predicted molar refractivity (Wildman–Crippen MR) is 72.8 cm³/mol. The third-order valence-corrected chi connectivity index (χ3v) is 4.37. The molecule has 2 atom stereocenters. The lowest BCUT2D eigenvalue weighted by Gasteiger charge is -2.34. The number of Topliss-reactive ketones (excluding diaryl/α,β-unsaturated/α-hetero) is 1. The SMILES string of the molecule is O=C(c1cc(Br)ccc1F)C1CN2CCCC2CO1. The Labute approximate surface area is 119 Å². The van der Waals surface area contributed by atoms with Crippen LogP contribution in [0.15, 0.2) is 22.7 Å². The maximum absolute atomic E-state index is 13.7. The summed E-state index contributed by atoms with van der Waals surface area (Å²) >= 11 is 3.26. The number of halogens is 2. The molecule has 2 heterocycles. The zero-order valence-corrected chi connectivity index (χ0v) is 12.0. The Morgan fingerprint density at radius 3 is 3.16 bits per heavy atom. The molecule has 0 bridgehead atoms. The van der Waals surface area contributed by atoms with Crippen LogP contribution < -0.4 is 0 Å². The smallest absolute Gasteiger partial charge is 0.195 e. The number of benzene rings is 1. The van der Waals surface area contributed by atoms with Gasteiger partial charge in [-0.2, -0.15) is 0 Å². The van der Waals surface area contributed by atoms with E-state index in [-0.39, 0.29) is 11.3 Å². The second-order valence-corrected chi connectivity index (χ2v) is 6.02. The van der Waals surface area contributed by atoms with Crippen molar-refractivity contribution in [1.29, 1.82) is 0 Å². The van der Waals surface area contributed by atoms with Crippen LogP contribution in [0.2, 0.25) is 0 Å². The van der Waals surface area contributed by atoms with E-state index in [0.29, 0.717) is 23.7 Å². The number of fused-ring (bicyclic) bond motifs is 1. The molecule has 0 radical (unpaired) electrons. The third-order valence-electron chi connectivity index (χ3n) is 3.88. The van der Waals surface area contributed by atoms with Gasteiger partial charge in [0.15, 0.2) is 5.78 Å². The minimum atomic E-state index is -0.543. The number of carbonyl (C=O) groups excluding carboxylic acids is 1. The Bertz CT molecular complexity index is 508. The summed E-state index contributed by atoms with van der Waals surface area (Å²) in [5.41, 5.74) is 0.108.